The number of hydrogen-bond donors (Lipinski definition) is 1. The average Bonchev–Trinajstić information content (AvgIpc) is 3.19. The molecule has 0 spiro atoms. The van der Waals surface area contributed by atoms with Gasteiger partial charge in [-0.3, -0.25) is 14.3 Å². The highest BCUT2D eigenvalue weighted by atomic mass is 16.2. The first-order valence-corrected chi connectivity index (χ1v) is 9.12. The van der Waals surface area contributed by atoms with Gasteiger partial charge in [0.2, 0.25) is 11.8 Å². The summed E-state index contributed by atoms with van der Waals surface area (Å²) in [5.41, 5.74) is 1.94. The fraction of sp³-hybridized carbons (Fsp3) is 0.450. The molecule has 2 heterocycles. The molecule has 1 aliphatic rings. The zero-order chi connectivity index (χ0) is 19.6. The van der Waals surface area contributed by atoms with Crippen LogP contribution in [-0.2, 0) is 16.6 Å². The van der Waals surface area contributed by atoms with Gasteiger partial charge in [0.1, 0.15) is 6.04 Å². The van der Waals surface area contributed by atoms with Gasteiger partial charge in [0.15, 0.2) is 0 Å². The van der Waals surface area contributed by atoms with E-state index >= 15 is 0 Å². The van der Waals surface area contributed by atoms with Gasteiger partial charge in [-0.25, -0.2) is 0 Å². The van der Waals surface area contributed by atoms with Gasteiger partial charge in [0, 0.05) is 58.8 Å². The second kappa shape index (κ2) is 7.92. The van der Waals surface area contributed by atoms with E-state index < -0.39 is 6.04 Å². The van der Waals surface area contributed by atoms with Gasteiger partial charge in [0.05, 0.1) is 12.2 Å². The van der Waals surface area contributed by atoms with Gasteiger partial charge in [-0.05, 0) is 5.56 Å². The van der Waals surface area contributed by atoms with E-state index in [1.54, 1.807) is 28.6 Å². The molecule has 1 fully saturated rings. The number of hydrogen-bond acceptors (Lipinski definition) is 4. The Kier molecular flexibility index (Phi) is 5.60. The van der Waals surface area contributed by atoms with Crippen LogP contribution in [0.2, 0.25) is 0 Å². The summed E-state index contributed by atoms with van der Waals surface area (Å²) < 4.78 is 1.75. The van der Waals surface area contributed by atoms with E-state index in [0.717, 1.165) is 11.1 Å². The lowest BCUT2D eigenvalue weighted by Crippen LogP contribution is -2.39. The number of likely N-dealkylation sites (N-methyl/N-ethyl adjacent to an activating group) is 1. The van der Waals surface area contributed by atoms with Crippen molar-refractivity contribution in [1.29, 1.82) is 0 Å². The van der Waals surface area contributed by atoms with Crippen LogP contribution in [0.5, 0.6) is 0 Å². The Morgan fingerprint density at radius 2 is 2.00 bits per heavy atom. The largest absolute Gasteiger partial charge is 0.347 e. The minimum absolute atomic E-state index is 0.00296. The Morgan fingerprint density at radius 3 is 2.59 bits per heavy atom. The number of carbonyl (C=O) groups excluding carboxylic acids is 2. The van der Waals surface area contributed by atoms with Crippen molar-refractivity contribution < 1.29 is 9.59 Å². The minimum atomic E-state index is -0.434. The standard InChI is InChI=1S/C20H27N5O2/c1-23(2)20(27)18(14-8-6-5-7-9-14)21-11-15-10-17(26)25(4)19(15)16-12-22-24(3)13-16/h5-9,12-13,15,18-19,21H,10-11H2,1-4H3/t15-,18?,19+/m0/s1. The number of rotatable bonds is 6. The van der Waals surface area contributed by atoms with E-state index in [1.807, 2.05) is 56.8 Å². The van der Waals surface area contributed by atoms with Crippen molar-refractivity contribution in [3.63, 3.8) is 0 Å². The van der Waals surface area contributed by atoms with E-state index in [-0.39, 0.29) is 23.8 Å². The molecule has 1 N–H and O–H groups in total. The first-order chi connectivity index (χ1) is 12.9. The third kappa shape index (κ3) is 4.03. The number of nitrogens with one attached hydrogen (secondary N) is 1. The summed E-state index contributed by atoms with van der Waals surface area (Å²) in [4.78, 5) is 28.4. The second-order valence-electron chi connectivity index (χ2n) is 7.35. The monoisotopic (exact) mass is 369 g/mol. The van der Waals surface area contributed by atoms with Crippen molar-refractivity contribution in [1.82, 2.24) is 24.9 Å². The molecular weight excluding hydrogens is 342 g/mol. The van der Waals surface area contributed by atoms with Crippen LogP contribution in [0.15, 0.2) is 42.7 Å². The first kappa shape index (κ1) is 19.1. The highest BCUT2D eigenvalue weighted by Crippen LogP contribution is 2.36. The molecule has 7 heteroatoms. The van der Waals surface area contributed by atoms with Crippen molar-refractivity contribution in [3.05, 3.63) is 53.9 Å². The summed E-state index contributed by atoms with van der Waals surface area (Å²) in [6, 6.07) is 9.22. The third-order valence-electron chi connectivity index (χ3n) is 5.17. The van der Waals surface area contributed by atoms with Crippen molar-refractivity contribution in [2.24, 2.45) is 13.0 Å². The first-order valence-electron chi connectivity index (χ1n) is 9.12. The Morgan fingerprint density at radius 1 is 1.30 bits per heavy atom. The summed E-state index contributed by atoms with van der Waals surface area (Å²) in [7, 11) is 7.21. The van der Waals surface area contributed by atoms with Crippen molar-refractivity contribution in [2.45, 2.75) is 18.5 Å². The van der Waals surface area contributed by atoms with E-state index in [0.29, 0.717) is 13.0 Å². The molecule has 1 saturated heterocycles. The van der Waals surface area contributed by atoms with Gasteiger partial charge in [-0.2, -0.15) is 5.10 Å². The van der Waals surface area contributed by atoms with Crippen LogP contribution < -0.4 is 5.32 Å². The summed E-state index contributed by atoms with van der Waals surface area (Å²) in [6.07, 6.45) is 4.22. The van der Waals surface area contributed by atoms with Crippen molar-refractivity contribution in [3.8, 4) is 0 Å². The maximum absolute atomic E-state index is 12.7. The molecule has 2 amide bonds. The van der Waals surface area contributed by atoms with E-state index in [4.69, 9.17) is 0 Å². The van der Waals surface area contributed by atoms with Crippen LogP contribution in [0, 0.1) is 5.92 Å². The summed E-state index contributed by atoms with van der Waals surface area (Å²) >= 11 is 0. The zero-order valence-electron chi connectivity index (χ0n) is 16.3. The molecule has 144 valence electrons. The summed E-state index contributed by atoms with van der Waals surface area (Å²) in [5.74, 6) is 0.190. The Bertz CT molecular complexity index is 802. The fourth-order valence-corrected chi connectivity index (χ4v) is 3.74. The van der Waals surface area contributed by atoms with Crippen LogP contribution in [0.25, 0.3) is 0 Å². The van der Waals surface area contributed by atoms with Gasteiger partial charge >= 0.3 is 0 Å². The average molecular weight is 369 g/mol. The highest BCUT2D eigenvalue weighted by Gasteiger charge is 2.39. The number of nitrogens with zero attached hydrogens (tertiary/aromatic N) is 4. The molecule has 7 nitrogen and oxygen atoms in total. The van der Waals surface area contributed by atoms with Crippen LogP contribution in [0.1, 0.15) is 29.6 Å². The number of amides is 2. The summed E-state index contributed by atoms with van der Waals surface area (Å²) in [6.45, 7) is 0.564. The van der Waals surface area contributed by atoms with Gasteiger partial charge < -0.3 is 15.1 Å². The Hall–Kier alpha value is -2.67. The third-order valence-corrected chi connectivity index (χ3v) is 5.17. The maximum atomic E-state index is 12.7. The fourth-order valence-electron chi connectivity index (χ4n) is 3.74. The normalized spacial score (nSPS) is 20.7. The van der Waals surface area contributed by atoms with Crippen LogP contribution in [0.4, 0.5) is 0 Å². The Balaban J connectivity index is 1.79. The molecule has 1 aliphatic heterocycles. The molecule has 1 unspecified atom stereocenters. The molecule has 1 aromatic heterocycles. The number of likely N-dealkylation sites (tertiary alicyclic amines) is 1. The lowest BCUT2D eigenvalue weighted by atomic mass is 9.95. The number of aromatic nitrogens is 2. The molecule has 3 rings (SSSR count). The molecule has 0 saturated carbocycles. The van der Waals surface area contributed by atoms with E-state index in [2.05, 4.69) is 10.4 Å². The molecule has 1 aromatic carbocycles. The zero-order valence-corrected chi connectivity index (χ0v) is 16.3. The predicted octanol–water partition coefficient (Wildman–Crippen LogP) is 1.36. The summed E-state index contributed by atoms with van der Waals surface area (Å²) in [5, 5.41) is 7.66. The lowest BCUT2D eigenvalue weighted by molar-refractivity contribution is -0.131. The SMILES string of the molecule is CN(C)C(=O)C(NC[C@@H]1CC(=O)N(C)[C@H]1c1cnn(C)c1)c1ccccc1. The molecule has 3 atom stereocenters. The van der Waals surface area contributed by atoms with Gasteiger partial charge in [0.25, 0.3) is 0 Å². The molecule has 27 heavy (non-hydrogen) atoms. The minimum Gasteiger partial charge on any atom is -0.347 e. The number of aryl methyl sites for hydroxylation is 1. The molecule has 0 radical (unpaired) electrons. The lowest BCUT2D eigenvalue weighted by Gasteiger charge is -2.27. The van der Waals surface area contributed by atoms with Crippen LogP contribution in [-0.4, -0.2) is 59.1 Å². The molecule has 0 aliphatic carbocycles. The molecule has 2 aromatic rings. The maximum Gasteiger partial charge on any atom is 0.243 e. The second-order valence-corrected chi connectivity index (χ2v) is 7.35. The smallest absolute Gasteiger partial charge is 0.243 e. The molecular formula is C20H27N5O2. The predicted molar refractivity (Wildman–Crippen MR) is 103 cm³/mol. The van der Waals surface area contributed by atoms with Crippen molar-refractivity contribution >= 4 is 11.8 Å². The van der Waals surface area contributed by atoms with Gasteiger partial charge in [-0.1, -0.05) is 30.3 Å². The number of carbonyl (C=O) groups is 2. The van der Waals surface area contributed by atoms with Crippen LogP contribution in [0.3, 0.4) is 0 Å². The van der Waals surface area contributed by atoms with Crippen molar-refractivity contribution in [2.75, 3.05) is 27.7 Å². The van der Waals surface area contributed by atoms with Gasteiger partial charge in [-0.15, -0.1) is 0 Å². The Labute approximate surface area is 159 Å². The van der Waals surface area contributed by atoms with E-state index in [9.17, 15) is 9.59 Å². The topological polar surface area (TPSA) is 70.5 Å². The number of benzene rings is 1. The quantitative estimate of drug-likeness (QED) is 0.835. The highest BCUT2D eigenvalue weighted by molar-refractivity contribution is 5.83. The molecule has 0 bridgehead atoms. The van der Waals surface area contributed by atoms with Crippen LogP contribution >= 0.6 is 0 Å². The van der Waals surface area contributed by atoms with E-state index in [1.165, 1.54) is 0 Å².